The molecule has 4 heteroatoms. The molecule has 0 fully saturated rings. The number of hydrogen-bond donors (Lipinski definition) is 0. The van der Waals surface area contributed by atoms with Crippen molar-refractivity contribution in [2.24, 2.45) is 7.05 Å². The van der Waals surface area contributed by atoms with E-state index in [1.165, 1.54) is 5.39 Å². The van der Waals surface area contributed by atoms with Crippen molar-refractivity contribution in [2.75, 3.05) is 0 Å². The van der Waals surface area contributed by atoms with Crippen molar-refractivity contribution in [1.29, 1.82) is 0 Å². The van der Waals surface area contributed by atoms with Crippen molar-refractivity contribution in [3.63, 3.8) is 0 Å². The molecular formula is C7H6IN3. The first-order valence-electron chi connectivity index (χ1n) is 3.21. The molecule has 0 unspecified atom stereocenters. The summed E-state index contributed by atoms with van der Waals surface area (Å²) in [7, 11) is 1.92. The zero-order chi connectivity index (χ0) is 7.84. The lowest BCUT2D eigenvalue weighted by Crippen LogP contribution is -1.89. The highest BCUT2D eigenvalue weighted by Crippen LogP contribution is 2.17. The molecule has 0 radical (unpaired) electrons. The van der Waals surface area contributed by atoms with E-state index in [1.807, 2.05) is 24.0 Å². The van der Waals surface area contributed by atoms with Crippen LogP contribution in [0.5, 0.6) is 0 Å². The Morgan fingerprint density at radius 1 is 1.55 bits per heavy atom. The van der Waals surface area contributed by atoms with Gasteiger partial charge in [-0.05, 0) is 28.7 Å². The smallest absolute Gasteiger partial charge is 0.131 e. The molecule has 3 nitrogen and oxygen atoms in total. The molecule has 0 bridgehead atoms. The summed E-state index contributed by atoms with van der Waals surface area (Å²) in [5, 5.41) is 5.42. The van der Waals surface area contributed by atoms with E-state index in [0.29, 0.717) is 0 Å². The summed E-state index contributed by atoms with van der Waals surface area (Å²) in [4.78, 5) is 4.02. The number of fused-ring (bicyclic) bond motifs is 1. The maximum Gasteiger partial charge on any atom is 0.131 e. The zero-order valence-electron chi connectivity index (χ0n) is 5.95. The van der Waals surface area contributed by atoms with Gasteiger partial charge in [0, 0.05) is 18.6 Å². The van der Waals surface area contributed by atoms with Crippen molar-refractivity contribution in [2.45, 2.75) is 0 Å². The van der Waals surface area contributed by atoms with Crippen LogP contribution in [0.1, 0.15) is 0 Å². The van der Waals surface area contributed by atoms with Gasteiger partial charge in [-0.15, -0.1) is 0 Å². The molecule has 0 aliphatic rings. The molecule has 0 saturated heterocycles. The Bertz CT molecular complexity index is 357. The molecule has 0 saturated carbocycles. The summed E-state index contributed by atoms with van der Waals surface area (Å²) in [6.45, 7) is 0. The minimum absolute atomic E-state index is 1.03. The monoisotopic (exact) mass is 259 g/mol. The summed E-state index contributed by atoms with van der Waals surface area (Å²) in [6, 6.07) is 1.98. The molecule has 0 spiro atoms. The second kappa shape index (κ2) is 2.44. The highest BCUT2D eigenvalue weighted by molar-refractivity contribution is 14.1. The predicted molar refractivity (Wildman–Crippen MR) is 51.2 cm³/mol. The number of hydrogen-bond acceptors (Lipinski definition) is 2. The third-order valence-corrected chi connectivity index (χ3v) is 2.41. The van der Waals surface area contributed by atoms with Crippen LogP contribution >= 0.6 is 22.6 Å². The summed E-state index contributed by atoms with van der Waals surface area (Å²) in [5.74, 6) is 0. The standard InChI is InChI=1S/C7H6IN3/c1-11-6-4-9-3-2-5(6)7(8)10-11/h2-4H,1H3. The van der Waals surface area contributed by atoms with Gasteiger partial charge < -0.3 is 0 Å². The first kappa shape index (κ1) is 7.02. The normalized spacial score (nSPS) is 10.7. The molecule has 2 heterocycles. The summed E-state index contributed by atoms with van der Waals surface area (Å²) in [6.07, 6.45) is 3.61. The van der Waals surface area contributed by atoms with Crippen molar-refractivity contribution >= 4 is 33.5 Å². The Hall–Kier alpha value is -0.650. The van der Waals surface area contributed by atoms with Gasteiger partial charge in [-0.1, -0.05) is 0 Å². The van der Waals surface area contributed by atoms with Crippen LogP contribution in [0.3, 0.4) is 0 Å². The maximum absolute atomic E-state index is 4.25. The fourth-order valence-corrected chi connectivity index (χ4v) is 1.84. The topological polar surface area (TPSA) is 30.7 Å². The van der Waals surface area contributed by atoms with E-state index in [0.717, 1.165) is 9.22 Å². The van der Waals surface area contributed by atoms with Crippen molar-refractivity contribution in [1.82, 2.24) is 14.8 Å². The van der Waals surface area contributed by atoms with Gasteiger partial charge in [0.15, 0.2) is 0 Å². The molecule has 0 N–H and O–H groups in total. The summed E-state index contributed by atoms with van der Waals surface area (Å²) < 4.78 is 2.87. The molecule has 2 aromatic heterocycles. The average molecular weight is 259 g/mol. The summed E-state index contributed by atoms with van der Waals surface area (Å²) in [5.41, 5.74) is 1.08. The molecule has 2 aromatic rings. The van der Waals surface area contributed by atoms with Gasteiger partial charge in [-0.2, -0.15) is 5.10 Å². The minimum Gasteiger partial charge on any atom is -0.265 e. The van der Waals surface area contributed by atoms with Crippen molar-refractivity contribution < 1.29 is 0 Å². The van der Waals surface area contributed by atoms with E-state index < -0.39 is 0 Å². The van der Waals surface area contributed by atoms with Crippen LogP contribution < -0.4 is 0 Å². The molecule has 0 amide bonds. The molecule has 0 aliphatic carbocycles. The quantitative estimate of drug-likeness (QED) is 0.672. The van der Waals surface area contributed by atoms with Crippen LogP contribution in [-0.4, -0.2) is 14.8 Å². The fourth-order valence-electron chi connectivity index (χ4n) is 1.06. The average Bonchev–Trinajstić information content (AvgIpc) is 2.30. The van der Waals surface area contributed by atoms with E-state index in [9.17, 15) is 0 Å². The van der Waals surface area contributed by atoms with E-state index in [2.05, 4.69) is 32.7 Å². The SMILES string of the molecule is Cn1nc(I)c2ccncc21. The Morgan fingerprint density at radius 2 is 2.36 bits per heavy atom. The first-order valence-corrected chi connectivity index (χ1v) is 4.29. The Kier molecular flexibility index (Phi) is 1.56. The number of aromatic nitrogens is 3. The van der Waals surface area contributed by atoms with Gasteiger partial charge >= 0.3 is 0 Å². The number of pyridine rings is 1. The van der Waals surface area contributed by atoms with E-state index in [1.54, 1.807) is 6.20 Å². The van der Waals surface area contributed by atoms with Crippen molar-refractivity contribution in [3.8, 4) is 0 Å². The van der Waals surface area contributed by atoms with Gasteiger partial charge in [0.05, 0.1) is 11.7 Å². The number of halogens is 1. The van der Waals surface area contributed by atoms with Gasteiger partial charge in [-0.3, -0.25) is 9.67 Å². The van der Waals surface area contributed by atoms with Gasteiger partial charge in [0.25, 0.3) is 0 Å². The van der Waals surface area contributed by atoms with Gasteiger partial charge in [0.1, 0.15) is 3.70 Å². The van der Waals surface area contributed by atoms with E-state index >= 15 is 0 Å². The van der Waals surface area contributed by atoms with Crippen molar-refractivity contribution in [3.05, 3.63) is 22.2 Å². The Morgan fingerprint density at radius 3 is 3.09 bits per heavy atom. The highest BCUT2D eigenvalue weighted by atomic mass is 127. The minimum atomic E-state index is 1.03. The summed E-state index contributed by atoms with van der Waals surface area (Å²) >= 11 is 2.22. The Balaban J connectivity index is 2.95. The highest BCUT2D eigenvalue weighted by Gasteiger charge is 2.03. The lowest BCUT2D eigenvalue weighted by atomic mass is 10.3. The van der Waals surface area contributed by atoms with Gasteiger partial charge in [0.2, 0.25) is 0 Å². The van der Waals surface area contributed by atoms with E-state index in [4.69, 9.17) is 0 Å². The Labute approximate surface area is 77.6 Å². The molecule has 0 aliphatic heterocycles. The van der Waals surface area contributed by atoms with Crippen LogP contribution in [0, 0.1) is 3.70 Å². The first-order chi connectivity index (χ1) is 5.29. The molecule has 0 aromatic carbocycles. The van der Waals surface area contributed by atoms with Crippen LogP contribution in [0.4, 0.5) is 0 Å². The zero-order valence-corrected chi connectivity index (χ0v) is 8.11. The number of nitrogens with zero attached hydrogens (tertiary/aromatic N) is 3. The lowest BCUT2D eigenvalue weighted by molar-refractivity contribution is 0.786. The molecule has 56 valence electrons. The molecule has 0 atom stereocenters. The lowest BCUT2D eigenvalue weighted by Gasteiger charge is -1.89. The number of aryl methyl sites for hydroxylation is 1. The van der Waals surface area contributed by atoms with Gasteiger partial charge in [-0.25, -0.2) is 0 Å². The van der Waals surface area contributed by atoms with E-state index in [-0.39, 0.29) is 0 Å². The second-order valence-corrected chi connectivity index (χ2v) is 3.33. The maximum atomic E-state index is 4.25. The third kappa shape index (κ3) is 1.01. The van der Waals surface area contributed by atoms with Crippen LogP contribution in [0.15, 0.2) is 18.5 Å². The van der Waals surface area contributed by atoms with Crippen LogP contribution in [-0.2, 0) is 7.05 Å². The second-order valence-electron chi connectivity index (χ2n) is 2.31. The predicted octanol–water partition coefficient (Wildman–Crippen LogP) is 1.57. The van der Waals surface area contributed by atoms with Crippen LogP contribution in [0.2, 0.25) is 0 Å². The number of rotatable bonds is 0. The fraction of sp³-hybridized carbons (Fsp3) is 0.143. The largest absolute Gasteiger partial charge is 0.265 e. The molecule has 2 rings (SSSR count). The third-order valence-electron chi connectivity index (χ3n) is 1.61. The van der Waals surface area contributed by atoms with Crippen LogP contribution in [0.25, 0.3) is 10.9 Å². The molecule has 11 heavy (non-hydrogen) atoms. The molecular weight excluding hydrogens is 253 g/mol.